The number of rotatable bonds is 6. The molecule has 1 aromatic carbocycles. The second-order valence-corrected chi connectivity index (χ2v) is 6.00. The second kappa shape index (κ2) is 7.50. The largest absolute Gasteiger partial charge is 0.377 e. The Morgan fingerprint density at radius 2 is 2.12 bits per heavy atom. The third kappa shape index (κ3) is 4.15. The molecule has 0 spiro atoms. The summed E-state index contributed by atoms with van der Waals surface area (Å²) in [6.45, 7) is 2.21. The van der Waals surface area contributed by atoms with Gasteiger partial charge in [-0.05, 0) is 38.4 Å². The molecule has 1 unspecified atom stereocenters. The minimum atomic E-state index is -0.437. The van der Waals surface area contributed by atoms with Crippen molar-refractivity contribution < 1.29 is 14.2 Å². The number of likely N-dealkylation sites (N-methyl/N-ethyl adjacent to an activating group) is 1. The molecule has 0 saturated carbocycles. The molecule has 1 saturated heterocycles. The van der Waals surface area contributed by atoms with Crippen LogP contribution in [0.1, 0.15) is 25.2 Å². The highest BCUT2D eigenvalue weighted by atomic mass is 16.6. The third-order valence-corrected chi connectivity index (χ3v) is 4.00. The molecule has 0 radical (unpaired) electrons. The summed E-state index contributed by atoms with van der Waals surface area (Å²) in [6, 6.07) is 6.09. The maximum absolute atomic E-state index is 10.7. The van der Waals surface area contributed by atoms with Gasteiger partial charge in [0, 0.05) is 30.8 Å². The van der Waals surface area contributed by atoms with E-state index in [0.717, 1.165) is 26.0 Å². The number of non-ortho nitro benzene ring substituents is 1. The number of hydrogen-bond acceptors (Lipinski definition) is 7. The van der Waals surface area contributed by atoms with Crippen molar-refractivity contribution >= 4 is 5.69 Å². The Hall–Kier alpha value is -2.32. The van der Waals surface area contributed by atoms with Gasteiger partial charge in [0.05, 0.1) is 17.6 Å². The number of hydrogen-bond donors (Lipinski definition) is 0. The quantitative estimate of drug-likeness (QED) is 0.593. The van der Waals surface area contributed by atoms with Crippen LogP contribution in [0.5, 0.6) is 0 Å². The summed E-state index contributed by atoms with van der Waals surface area (Å²) < 4.78 is 11.0. The van der Waals surface area contributed by atoms with Gasteiger partial charge in [-0.1, -0.05) is 5.16 Å². The lowest BCUT2D eigenvalue weighted by atomic mass is 10.1. The summed E-state index contributed by atoms with van der Waals surface area (Å²) in [5, 5.41) is 14.6. The van der Waals surface area contributed by atoms with E-state index < -0.39 is 4.92 Å². The van der Waals surface area contributed by atoms with E-state index in [2.05, 4.69) is 15.0 Å². The normalized spacial score (nSPS) is 18.0. The van der Waals surface area contributed by atoms with Crippen molar-refractivity contribution in [1.29, 1.82) is 0 Å². The van der Waals surface area contributed by atoms with Crippen LogP contribution in [0.3, 0.4) is 0 Å². The van der Waals surface area contributed by atoms with E-state index in [1.165, 1.54) is 18.6 Å². The Morgan fingerprint density at radius 1 is 1.33 bits per heavy atom. The van der Waals surface area contributed by atoms with Gasteiger partial charge in [0.2, 0.25) is 11.7 Å². The number of ether oxygens (including phenoxy) is 1. The Kier molecular flexibility index (Phi) is 5.17. The number of nitro groups is 1. The van der Waals surface area contributed by atoms with Crippen LogP contribution in [-0.4, -0.2) is 46.3 Å². The minimum absolute atomic E-state index is 0.0367. The third-order valence-electron chi connectivity index (χ3n) is 4.00. The fraction of sp³-hybridized carbons (Fsp3) is 0.500. The predicted octanol–water partition coefficient (Wildman–Crippen LogP) is 2.65. The van der Waals surface area contributed by atoms with Crippen LogP contribution in [0.25, 0.3) is 11.4 Å². The van der Waals surface area contributed by atoms with E-state index in [-0.39, 0.29) is 11.8 Å². The number of nitrogens with zero attached hydrogens (tertiary/aromatic N) is 4. The zero-order valence-electron chi connectivity index (χ0n) is 13.6. The summed E-state index contributed by atoms with van der Waals surface area (Å²) >= 11 is 0. The van der Waals surface area contributed by atoms with E-state index in [1.54, 1.807) is 12.1 Å². The maximum atomic E-state index is 10.7. The van der Waals surface area contributed by atoms with Gasteiger partial charge in [-0.25, -0.2) is 0 Å². The van der Waals surface area contributed by atoms with Crippen molar-refractivity contribution in [2.45, 2.75) is 31.9 Å². The molecule has 2 heterocycles. The summed E-state index contributed by atoms with van der Waals surface area (Å²) in [6.07, 6.45) is 3.70. The molecule has 0 amide bonds. The molecule has 128 valence electrons. The molecule has 1 aliphatic rings. The topological polar surface area (TPSA) is 94.5 Å². The minimum Gasteiger partial charge on any atom is -0.377 e. The Balaban J connectivity index is 1.59. The highest BCUT2D eigenvalue weighted by molar-refractivity contribution is 5.56. The average molecular weight is 332 g/mol. The fourth-order valence-electron chi connectivity index (χ4n) is 2.76. The SMILES string of the molecule is CN(Cc1nc(-c2ccc([N+](=O)[O-])cc2)no1)CC1CCCCO1. The van der Waals surface area contributed by atoms with Crippen LogP contribution in [-0.2, 0) is 11.3 Å². The molecule has 0 N–H and O–H groups in total. The molecule has 2 aromatic rings. The van der Waals surface area contributed by atoms with Crippen LogP contribution < -0.4 is 0 Å². The van der Waals surface area contributed by atoms with Gasteiger partial charge < -0.3 is 9.26 Å². The molecular weight excluding hydrogens is 312 g/mol. The number of nitro benzene ring substituents is 1. The fourth-order valence-corrected chi connectivity index (χ4v) is 2.76. The van der Waals surface area contributed by atoms with Crippen molar-refractivity contribution in [1.82, 2.24) is 15.0 Å². The van der Waals surface area contributed by atoms with Gasteiger partial charge in [0.1, 0.15) is 0 Å². The first-order valence-electron chi connectivity index (χ1n) is 7.99. The summed E-state index contributed by atoms with van der Waals surface area (Å²) in [7, 11) is 1.99. The standard InChI is InChI=1S/C16H20N4O4/c1-19(10-14-4-2-3-9-23-14)11-15-17-16(18-24-15)12-5-7-13(8-6-12)20(21)22/h5-8,14H,2-4,9-11H2,1H3. The van der Waals surface area contributed by atoms with Crippen molar-refractivity contribution in [3.63, 3.8) is 0 Å². The van der Waals surface area contributed by atoms with Crippen molar-refractivity contribution in [2.24, 2.45) is 0 Å². The second-order valence-electron chi connectivity index (χ2n) is 6.00. The van der Waals surface area contributed by atoms with Crippen LogP contribution in [0.4, 0.5) is 5.69 Å². The highest BCUT2D eigenvalue weighted by Gasteiger charge is 2.18. The van der Waals surface area contributed by atoms with Gasteiger partial charge in [-0.15, -0.1) is 0 Å². The molecule has 1 fully saturated rings. The molecule has 0 aliphatic carbocycles. The molecule has 1 aliphatic heterocycles. The molecule has 1 atom stereocenters. The van der Waals surface area contributed by atoms with Crippen molar-refractivity contribution in [3.05, 3.63) is 40.3 Å². The van der Waals surface area contributed by atoms with Crippen LogP contribution in [0, 0.1) is 10.1 Å². The summed E-state index contributed by atoms with van der Waals surface area (Å²) in [4.78, 5) is 16.7. The van der Waals surface area contributed by atoms with E-state index in [9.17, 15) is 10.1 Å². The number of aromatic nitrogens is 2. The molecule has 8 nitrogen and oxygen atoms in total. The summed E-state index contributed by atoms with van der Waals surface area (Å²) in [5.74, 6) is 0.948. The molecule has 8 heteroatoms. The van der Waals surface area contributed by atoms with Gasteiger partial charge >= 0.3 is 0 Å². The summed E-state index contributed by atoms with van der Waals surface area (Å²) in [5.41, 5.74) is 0.726. The Bertz CT molecular complexity index is 680. The maximum Gasteiger partial charge on any atom is 0.269 e. The average Bonchev–Trinajstić information content (AvgIpc) is 3.04. The monoisotopic (exact) mass is 332 g/mol. The van der Waals surface area contributed by atoms with Crippen LogP contribution >= 0.6 is 0 Å². The van der Waals surface area contributed by atoms with Gasteiger partial charge in [0.25, 0.3) is 5.69 Å². The lowest BCUT2D eigenvalue weighted by Crippen LogP contribution is -2.33. The highest BCUT2D eigenvalue weighted by Crippen LogP contribution is 2.20. The lowest BCUT2D eigenvalue weighted by molar-refractivity contribution is -0.384. The van der Waals surface area contributed by atoms with Gasteiger partial charge in [-0.3, -0.25) is 15.0 Å². The predicted molar refractivity (Wildman–Crippen MR) is 86.3 cm³/mol. The van der Waals surface area contributed by atoms with Crippen LogP contribution in [0.2, 0.25) is 0 Å². The molecule has 0 bridgehead atoms. The zero-order valence-corrected chi connectivity index (χ0v) is 13.6. The van der Waals surface area contributed by atoms with Gasteiger partial charge in [-0.2, -0.15) is 4.98 Å². The Morgan fingerprint density at radius 3 is 2.79 bits per heavy atom. The smallest absolute Gasteiger partial charge is 0.269 e. The van der Waals surface area contributed by atoms with Gasteiger partial charge in [0.15, 0.2) is 0 Å². The van der Waals surface area contributed by atoms with E-state index >= 15 is 0 Å². The van der Waals surface area contributed by atoms with E-state index in [0.29, 0.717) is 23.8 Å². The first kappa shape index (κ1) is 16.5. The van der Waals surface area contributed by atoms with E-state index in [4.69, 9.17) is 9.26 Å². The zero-order chi connectivity index (χ0) is 16.9. The lowest BCUT2D eigenvalue weighted by Gasteiger charge is -2.26. The Labute approximate surface area is 139 Å². The molecular formula is C16H20N4O4. The van der Waals surface area contributed by atoms with E-state index in [1.807, 2.05) is 7.05 Å². The van der Waals surface area contributed by atoms with Crippen molar-refractivity contribution in [3.8, 4) is 11.4 Å². The first-order valence-corrected chi connectivity index (χ1v) is 7.99. The van der Waals surface area contributed by atoms with Crippen molar-refractivity contribution in [2.75, 3.05) is 20.2 Å². The number of benzene rings is 1. The molecule has 24 heavy (non-hydrogen) atoms. The molecule has 1 aromatic heterocycles. The van der Waals surface area contributed by atoms with Crippen LogP contribution in [0.15, 0.2) is 28.8 Å². The first-order chi connectivity index (χ1) is 11.6. The molecule has 3 rings (SSSR count).